The summed E-state index contributed by atoms with van der Waals surface area (Å²) in [5.74, 6) is 0.242. The number of amides is 1. The molecule has 26 heavy (non-hydrogen) atoms. The lowest BCUT2D eigenvalue weighted by atomic mass is 10.1. The minimum absolute atomic E-state index is 0.110. The molecule has 132 valence electrons. The van der Waals surface area contributed by atoms with Crippen LogP contribution >= 0.6 is 11.3 Å². The zero-order chi connectivity index (χ0) is 18.1. The number of rotatable bonds is 3. The molecular weight excluding hydrogens is 350 g/mol. The number of nitrogens with zero attached hydrogens (tertiary/aromatic N) is 5. The number of fused-ring (bicyclic) bond motifs is 1. The number of hydrogen-bond donors (Lipinski definition) is 2. The topological polar surface area (TPSA) is 112 Å². The van der Waals surface area contributed by atoms with Crippen LogP contribution < -0.4 is 16.0 Å². The molecular formula is C17H17N7OS. The maximum Gasteiger partial charge on any atom is 0.274 e. The van der Waals surface area contributed by atoms with Crippen LogP contribution in [0.1, 0.15) is 28.9 Å². The summed E-state index contributed by atoms with van der Waals surface area (Å²) < 4.78 is 1.58. The van der Waals surface area contributed by atoms with Crippen molar-refractivity contribution in [3.63, 3.8) is 0 Å². The zero-order valence-electron chi connectivity index (χ0n) is 13.9. The average molecular weight is 367 g/mol. The van der Waals surface area contributed by atoms with Gasteiger partial charge in [0.05, 0.1) is 23.0 Å². The Morgan fingerprint density at radius 1 is 1.42 bits per heavy atom. The molecule has 0 saturated carbocycles. The maximum absolute atomic E-state index is 12.7. The molecule has 0 unspecified atom stereocenters. The van der Waals surface area contributed by atoms with Crippen molar-refractivity contribution in [1.82, 2.24) is 14.6 Å². The molecule has 9 heteroatoms. The maximum atomic E-state index is 12.7. The highest BCUT2D eigenvalue weighted by molar-refractivity contribution is 7.08. The number of thiophene rings is 1. The van der Waals surface area contributed by atoms with Gasteiger partial charge < -0.3 is 16.0 Å². The van der Waals surface area contributed by atoms with E-state index < -0.39 is 0 Å². The van der Waals surface area contributed by atoms with Gasteiger partial charge in [0.2, 0.25) is 5.95 Å². The first-order valence-corrected chi connectivity index (χ1v) is 9.23. The van der Waals surface area contributed by atoms with Gasteiger partial charge in [-0.15, -0.1) is 16.4 Å². The molecule has 4 heterocycles. The monoisotopic (exact) mass is 367 g/mol. The van der Waals surface area contributed by atoms with Gasteiger partial charge in [-0.1, -0.05) is 0 Å². The van der Waals surface area contributed by atoms with E-state index in [0.29, 0.717) is 29.4 Å². The van der Waals surface area contributed by atoms with Crippen molar-refractivity contribution in [2.24, 2.45) is 5.73 Å². The highest BCUT2D eigenvalue weighted by Crippen LogP contribution is 2.21. The third-order valence-corrected chi connectivity index (χ3v) is 5.13. The zero-order valence-corrected chi connectivity index (χ0v) is 14.7. The van der Waals surface area contributed by atoms with E-state index in [1.165, 1.54) is 11.3 Å². The van der Waals surface area contributed by atoms with Crippen LogP contribution in [0.2, 0.25) is 0 Å². The first-order chi connectivity index (χ1) is 12.7. The number of nitriles is 1. The Hall–Kier alpha value is -2.96. The van der Waals surface area contributed by atoms with Crippen molar-refractivity contribution in [3.8, 4) is 6.07 Å². The van der Waals surface area contributed by atoms with E-state index in [1.807, 2.05) is 4.90 Å². The highest BCUT2D eigenvalue weighted by atomic mass is 32.1. The third-order valence-electron chi connectivity index (χ3n) is 4.39. The van der Waals surface area contributed by atoms with E-state index in [4.69, 9.17) is 11.0 Å². The summed E-state index contributed by atoms with van der Waals surface area (Å²) in [6, 6.07) is 5.66. The van der Waals surface area contributed by atoms with Crippen LogP contribution in [0.5, 0.6) is 0 Å². The summed E-state index contributed by atoms with van der Waals surface area (Å²) in [7, 11) is 0. The molecule has 1 saturated heterocycles. The molecule has 3 N–H and O–H groups in total. The van der Waals surface area contributed by atoms with Crippen LogP contribution in [-0.2, 0) is 0 Å². The van der Waals surface area contributed by atoms with Crippen LogP contribution in [-0.4, -0.2) is 39.6 Å². The van der Waals surface area contributed by atoms with E-state index >= 15 is 0 Å². The van der Waals surface area contributed by atoms with Crippen LogP contribution in [0.25, 0.3) is 5.52 Å². The van der Waals surface area contributed by atoms with Gasteiger partial charge in [0.25, 0.3) is 5.91 Å². The Morgan fingerprint density at radius 3 is 3.12 bits per heavy atom. The van der Waals surface area contributed by atoms with Crippen molar-refractivity contribution in [2.45, 2.75) is 18.9 Å². The lowest BCUT2D eigenvalue weighted by molar-refractivity contribution is 0.102. The van der Waals surface area contributed by atoms with Crippen LogP contribution in [0, 0.1) is 11.3 Å². The molecule has 0 aromatic carbocycles. The molecule has 1 atom stereocenters. The molecule has 1 fully saturated rings. The van der Waals surface area contributed by atoms with Gasteiger partial charge in [-0.25, -0.2) is 9.50 Å². The molecule has 1 aliphatic heterocycles. The molecule has 4 rings (SSSR count). The summed E-state index contributed by atoms with van der Waals surface area (Å²) in [5.41, 5.74) is 8.11. The summed E-state index contributed by atoms with van der Waals surface area (Å²) in [4.78, 5) is 19.1. The van der Waals surface area contributed by atoms with E-state index in [1.54, 1.807) is 33.6 Å². The van der Waals surface area contributed by atoms with Gasteiger partial charge in [0.15, 0.2) is 0 Å². The SMILES string of the molecule is N#Cc1cscc1NC(=O)c1ccc2cnc(N3CCC[C@H](N)C3)nn12. The number of carbonyl (C=O) groups is 1. The first-order valence-electron chi connectivity index (χ1n) is 8.28. The number of nitrogens with two attached hydrogens (primary N) is 1. The standard InChI is InChI=1S/C17H17N7OS/c18-6-11-9-26-10-14(11)21-16(25)15-4-3-13-7-20-17(22-24(13)15)23-5-1-2-12(19)8-23/h3-4,7,9-10,12H,1-2,5,8,19H2,(H,21,25)/t12-/m0/s1. The van der Waals surface area contributed by atoms with Gasteiger partial charge >= 0.3 is 0 Å². The van der Waals surface area contributed by atoms with E-state index in [2.05, 4.69) is 21.5 Å². The average Bonchev–Trinajstić information content (AvgIpc) is 3.27. The number of piperidine rings is 1. The Labute approximate surface area is 153 Å². The largest absolute Gasteiger partial charge is 0.338 e. The fourth-order valence-electron chi connectivity index (χ4n) is 3.07. The van der Waals surface area contributed by atoms with E-state index in [9.17, 15) is 4.79 Å². The lowest BCUT2D eigenvalue weighted by Crippen LogP contribution is -2.43. The van der Waals surface area contributed by atoms with Gasteiger partial charge in [-0.3, -0.25) is 4.79 Å². The van der Waals surface area contributed by atoms with E-state index in [0.717, 1.165) is 24.9 Å². The number of hydrogen-bond acceptors (Lipinski definition) is 7. The van der Waals surface area contributed by atoms with Gasteiger partial charge in [-0.05, 0) is 25.0 Å². The molecule has 0 radical (unpaired) electrons. The van der Waals surface area contributed by atoms with Crippen LogP contribution in [0.15, 0.2) is 29.1 Å². The number of aromatic nitrogens is 3. The molecule has 3 aromatic rings. The molecule has 0 bridgehead atoms. The second kappa shape index (κ2) is 6.74. The summed E-state index contributed by atoms with van der Waals surface area (Å²) >= 11 is 1.37. The lowest BCUT2D eigenvalue weighted by Gasteiger charge is -2.30. The van der Waals surface area contributed by atoms with Gasteiger partial charge in [-0.2, -0.15) is 5.26 Å². The third kappa shape index (κ3) is 3.00. The van der Waals surface area contributed by atoms with Crippen molar-refractivity contribution in [3.05, 3.63) is 40.3 Å². The van der Waals surface area contributed by atoms with Crippen molar-refractivity contribution >= 4 is 34.4 Å². The Kier molecular flexibility index (Phi) is 4.28. The van der Waals surface area contributed by atoms with Crippen LogP contribution in [0.4, 0.5) is 11.6 Å². The fraction of sp³-hybridized carbons (Fsp3) is 0.294. The summed E-state index contributed by atoms with van der Waals surface area (Å²) in [5, 5.41) is 19.8. The second-order valence-corrected chi connectivity index (χ2v) is 6.97. The van der Waals surface area contributed by atoms with Crippen molar-refractivity contribution < 1.29 is 4.79 Å². The molecule has 0 spiro atoms. The number of nitrogens with one attached hydrogen (secondary N) is 1. The minimum atomic E-state index is -0.320. The molecule has 0 aliphatic carbocycles. The van der Waals surface area contributed by atoms with E-state index in [-0.39, 0.29) is 11.9 Å². The predicted molar refractivity (Wildman–Crippen MR) is 99.4 cm³/mol. The first kappa shape index (κ1) is 16.5. The fourth-order valence-corrected chi connectivity index (χ4v) is 3.77. The smallest absolute Gasteiger partial charge is 0.274 e. The van der Waals surface area contributed by atoms with Gasteiger partial charge in [0, 0.05) is 29.9 Å². The quantitative estimate of drug-likeness (QED) is 0.730. The summed E-state index contributed by atoms with van der Waals surface area (Å²) in [6.45, 7) is 1.55. The Bertz CT molecular complexity index is 1000. The molecule has 8 nitrogen and oxygen atoms in total. The minimum Gasteiger partial charge on any atom is -0.338 e. The van der Waals surface area contributed by atoms with Crippen molar-refractivity contribution in [1.29, 1.82) is 5.26 Å². The highest BCUT2D eigenvalue weighted by Gasteiger charge is 2.21. The summed E-state index contributed by atoms with van der Waals surface area (Å²) in [6.07, 6.45) is 3.69. The predicted octanol–water partition coefficient (Wildman–Crippen LogP) is 1.84. The Balaban J connectivity index is 1.64. The molecule has 1 aliphatic rings. The number of carbonyl (C=O) groups excluding carboxylic acids is 1. The normalized spacial score (nSPS) is 17.2. The van der Waals surface area contributed by atoms with Gasteiger partial charge in [0.1, 0.15) is 11.8 Å². The Morgan fingerprint density at radius 2 is 2.31 bits per heavy atom. The molecule has 3 aromatic heterocycles. The second-order valence-electron chi connectivity index (χ2n) is 6.23. The van der Waals surface area contributed by atoms with Crippen LogP contribution in [0.3, 0.4) is 0 Å². The van der Waals surface area contributed by atoms with Crippen molar-refractivity contribution in [2.75, 3.05) is 23.3 Å². The molecule has 1 amide bonds. The number of anilines is 2.